The molecular formula is C17H19BrClN3O3S. The molecule has 1 N–H and O–H groups in total. The summed E-state index contributed by atoms with van der Waals surface area (Å²) in [6.07, 6.45) is 1.85. The van der Waals surface area contributed by atoms with Gasteiger partial charge in [-0.1, -0.05) is 28.1 Å². The quantitative estimate of drug-likeness (QED) is 0.391. The Labute approximate surface area is 170 Å². The minimum absolute atomic E-state index is 0. The number of thiazole rings is 1. The Morgan fingerprint density at radius 2 is 2.23 bits per heavy atom. The Balaban J connectivity index is 0.00000338. The van der Waals surface area contributed by atoms with Crippen LogP contribution in [-0.4, -0.2) is 23.1 Å². The van der Waals surface area contributed by atoms with E-state index in [1.165, 1.54) is 11.3 Å². The summed E-state index contributed by atoms with van der Waals surface area (Å²) in [5.41, 5.74) is 3.80. The van der Waals surface area contributed by atoms with Crippen molar-refractivity contribution < 1.29 is 14.3 Å². The summed E-state index contributed by atoms with van der Waals surface area (Å²) in [6.45, 7) is 6.30. The smallest absolute Gasteiger partial charge is 0.311 e. The van der Waals surface area contributed by atoms with Crippen molar-refractivity contribution in [2.75, 3.05) is 6.61 Å². The molecule has 1 heterocycles. The first-order chi connectivity index (χ1) is 12.0. The predicted octanol–water partition coefficient (Wildman–Crippen LogP) is 3.27. The van der Waals surface area contributed by atoms with Gasteiger partial charge < -0.3 is 9.30 Å². The van der Waals surface area contributed by atoms with Crippen LogP contribution < -0.4 is 10.2 Å². The molecule has 0 aliphatic carbocycles. The fourth-order valence-electron chi connectivity index (χ4n) is 2.07. The highest BCUT2D eigenvalue weighted by Gasteiger charge is 2.11. The third kappa shape index (κ3) is 6.12. The van der Waals surface area contributed by atoms with Gasteiger partial charge in [0.2, 0.25) is 4.80 Å². The number of benzene rings is 1. The first kappa shape index (κ1) is 22.1. The van der Waals surface area contributed by atoms with Crippen LogP contribution in [0.1, 0.15) is 23.0 Å². The zero-order valence-corrected chi connectivity index (χ0v) is 17.3. The summed E-state index contributed by atoms with van der Waals surface area (Å²) in [4.78, 5) is 24.5. The van der Waals surface area contributed by atoms with Crippen molar-refractivity contribution in [1.29, 1.82) is 0 Å². The van der Waals surface area contributed by atoms with Gasteiger partial charge in [-0.05, 0) is 25.1 Å². The molecule has 1 aromatic heterocycles. The fraction of sp³-hybridized carbons (Fsp3) is 0.235. The van der Waals surface area contributed by atoms with Crippen LogP contribution in [0.15, 0.2) is 51.9 Å². The molecule has 0 aliphatic heterocycles. The molecule has 0 aliphatic rings. The van der Waals surface area contributed by atoms with Gasteiger partial charge in [0.25, 0.3) is 5.91 Å². The summed E-state index contributed by atoms with van der Waals surface area (Å²) in [5, 5.41) is 6.00. The number of halogens is 2. The van der Waals surface area contributed by atoms with E-state index in [-0.39, 0.29) is 30.7 Å². The largest absolute Gasteiger partial charge is 0.466 e. The molecule has 0 unspecified atom stereocenters. The maximum absolute atomic E-state index is 12.2. The summed E-state index contributed by atoms with van der Waals surface area (Å²) in [6, 6.07) is 7.03. The lowest BCUT2D eigenvalue weighted by Gasteiger charge is -2.06. The van der Waals surface area contributed by atoms with Crippen LogP contribution in [0.4, 0.5) is 0 Å². The highest BCUT2D eigenvalue weighted by atomic mass is 79.9. The summed E-state index contributed by atoms with van der Waals surface area (Å²) in [5.74, 6) is -0.616. The van der Waals surface area contributed by atoms with E-state index >= 15 is 0 Å². The highest BCUT2D eigenvalue weighted by Crippen LogP contribution is 2.11. The number of esters is 1. The lowest BCUT2D eigenvalue weighted by Crippen LogP contribution is -2.25. The normalized spacial score (nSPS) is 10.8. The summed E-state index contributed by atoms with van der Waals surface area (Å²) in [7, 11) is 0. The number of rotatable bonds is 7. The number of nitrogens with one attached hydrogen (secondary N) is 1. The third-order valence-corrected chi connectivity index (χ3v) is 4.57. The first-order valence-corrected chi connectivity index (χ1v) is 9.25. The third-order valence-electron chi connectivity index (χ3n) is 3.16. The number of carbonyl (C=O) groups excluding carboxylic acids is 2. The van der Waals surface area contributed by atoms with Crippen molar-refractivity contribution in [3.63, 3.8) is 0 Å². The molecule has 26 heavy (non-hydrogen) atoms. The Kier molecular flexibility index (Phi) is 9.32. The maximum Gasteiger partial charge on any atom is 0.311 e. The standard InChI is InChI=1S/C17H18BrN3O3S.ClH/c1-3-8-21-14(10-15(22)24-4-2)11-25-17(21)20-19-16(23)12-6-5-7-13(18)9-12;/h3,5-7,9,11H,1,4,8,10H2,2H3,(H,19,23);1H/b20-17-;. The molecule has 0 saturated heterocycles. The van der Waals surface area contributed by atoms with E-state index < -0.39 is 0 Å². The molecule has 2 aromatic rings. The number of hydrogen-bond acceptors (Lipinski definition) is 5. The molecule has 0 spiro atoms. The van der Waals surface area contributed by atoms with E-state index in [2.05, 4.69) is 33.0 Å². The van der Waals surface area contributed by atoms with Gasteiger partial charge in [0.05, 0.1) is 13.0 Å². The van der Waals surface area contributed by atoms with Crippen molar-refractivity contribution in [2.45, 2.75) is 19.9 Å². The van der Waals surface area contributed by atoms with Crippen LogP contribution in [0.3, 0.4) is 0 Å². The topological polar surface area (TPSA) is 72.7 Å². The molecule has 140 valence electrons. The molecule has 0 saturated carbocycles. The number of ether oxygens (including phenoxy) is 1. The van der Waals surface area contributed by atoms with Gasteiger partial charge in [-0.25, -0.2) is 5.43 Å². The minimum Gasteiger partial charge on any atom is -0.466 e. The predicted molar refractivity (Wildman–Crippen MR) is 107 cm³/mol. The molecule has 9 heteroatoms. The lowest BCUT2D eigenvalue weighted by atomic mass is 10.2. The maximum atomic E-state index is 12.2. The second-order valence-electron chi connectivity index (χ2n) is 4.95. The molecule has 6 nitrogen and oxygen atoms in total. The number of amides is 1. The lowest BCUT2D eigenvalue weighted by molar-refractivity contribution is -0.142. The van der Waals surface area contributed by atoms with Crippen LogP contribution in [0.5, 0.6) is 0 Å². The monoisotopic (exact) mass is 459 g/mol. The Morgan fingerprint density at radius 1 is 1.46 bits per heavy atom. The highest BCUT2D eigenvalue weighted by molar-refractivity contribution is 9.10. The SMILES string of the molecule is C=CCn1c(CC(=O)OCC)cs/c1=N\NC(=O)c1cccc(Br)c1.Cl. The van der Waals surface area contributed by atoms with Crippen molar-refractivity contribution in [2.24, 2.45) is 5.10 Å². The van der Waals surface area contributed by atoms with Crippen molar-refractivity contribution in [3.05, 3.63) is 62.8 Å². The number of aromatic nitrogens is 1. The van der Waals surface area contributed by atoms with E-state index in [4.69, 9.17) is 4.74 Å². The number of hydrogen-bond donors (Lipinski definition) is 1. The number of nitrogens with zero attached hydrogens (tertiary/aromatic N) is 2. The van der Waals surface area contributed by atoms with Crippen molar-refractivity contribution in [3.8, 4) is 0 Å². The van der Waals surface area contributed by atoms with Gasteiger partial charge >= 0.3 is 5.97 Å². The molecule has 0 atom stereocenters. The number of allylic oxidation sites excluding steroid dienone is 1. The number of carbonyl (C=O) groups is 2. The Hall–Kier alpha value is -1.90. The molecule has 1 aromatic carbocycles. The van der Waals surface area contributed by atoms with E-state index in [0.717, 1.165) is 10.2 Å². The van der Waals surface area contributed by atoms with E-state index in [1.54, 1.807) is 31.2 Å². The van der Waals surface area contributed by atoms with Gasteiger partial charge in [0, 0.05) is 27.7 Å². The molecule has 1 amide bonds. The summed E-state index contributed by atoms with van der Waals surface area (Å²) < 4.78 is 7.61. The van der Waals surface area contributed by atoms with Crippen molar-refractivity contribution >= 4 is 51.6 Å². The Bertz CT molecular complexity index is 848. The zero-order chi connectivity index (χ0) is 18.2. The average Bonchev–Trinajstić information content (AvgIpc) is 2.95. The Morgan fingerprint density at radius 3 is 2.88 bits per heavy atom. The van der Waals surface area contributed by atoms with Crippen LogP contribution in [0.2, 0.25) is 0 Å². The van der Waals surface area contributed by atoms with E-state index in [1.807, 2.05) is 16.0 Å². The van der Waals surface area contributed by atoms with Crippen LogP contribution in [0, 0.1) is 0 Å². The van der Waals surface area contributed by atoms with Gasteiger partial charge in [0.15, 0.2) is 0 Å². The molecule has 0 radical (unpaired) electrons. The van der Waals surface area contributed by atoms with E-state index in [0.29, 0.717) is 23.5 Å². The molecular weight excluding hydrogens is 442 g/mol. The first-order valence-electron chi connectivity index (χ1n) is 7.58. The van der Waals surface area contributed by atoms with Crippen LogP contribution in [0.25, 0.3) is 0 Å². The average molecular weight is 461 g/mol. The summed E-state index contributed by atoms with van der Waals surface area (Å²) >= 11 is 4.66. The fourth-order valence-corrected chi connectivity index (χ4v) is 3.34. The molecule has 0 bridgehead atoms. The van der Waals surface area contributed by atoms with Crippen molar-refractivity contribution in [1.82, 2.24) is 9.99 Å². The van der Waals surface area contributed by atoms with Gasteiger partial charge in [0.1, 0.15) is 0 Å². The van der Waals surface area contributed by atoms with Crippen LogP contribution in [-0.2, 0) is 22.5 Å². The molecule has 2 rings (SSSR count). The van der Waals surface area contributed by atoms with Gasteiger partial charge in [-0.2, -0.15) is 0 Å². The van der Waals surface area contributed by atoms with E-state index in [9.17, 15) is 9.59 Å². The minimum atomic E-state index is -0.313. The van der Waals surface area contributed by atoms with Gasteiger partial charge in [-0.3, -0.25) is 9.59 Å². The second kappa shape index (κ2) is 10.9. The zero-order valence-electron chi connectivity index (χ0n) is 14.1. The second-order valence-corrected chi connectivity index (χ2v) is 6.71. The van der Waals surface area contributed by atoms with Crippen LogP contribution >= 0.6 is 39.7 Å². The molecule has 0 fully saturated rings. The van der Waals surface area contributed by atoms with Gasteiger partial charge in [-0.15, -0.1) is 35.4 Å².